The maximum absolute atomic E-state index is 12.9. The fourth-order valence-corrected chi connectivity index (χ4v) is 4.02. The first-order chi connectivity index (χ1) is 15.5. The summed E-state index contributed by atoms with van der Waals surface area (Å²) < 4.78 is 16.0. The number of likely N-dealkylation sites (tertiary alicyclic amines) is 1. The molecule has 0 spiro atoms. The van der Waals surface area contributed by atoms with Crippen LogP contribution in [-0.2, 0) is 4.79 Å². The van der Waals surface area contributed by atoms with Crippen molar-refractivity contribution >= 4 is 28.4 Å². The highest BCUT2D eigenvalue weighted by atomic mass is 16.5. The van der Waals surface area contributed by atoms with Gasteiger partial charge in [0, 0.05) is 42.2 Å². The molecular weight excluding hydrogens is 412 g/mol. The number of para-hydroxylation sites is 1. The largest absolute Gasteiger partial charge is 0.493 e. The monoisotopic (exact) mass is 438 g/mol. The van der Waals surface area contributed by atoms with Crippen LogP contribution in [0.2, 0.25) is 0 Å². The lowest BCUT2D eigenvalue weighted by atomic mass is 9.95. The number of benzene rings is 2. The number of H-pyrrole nitrogens is 1. The van der Waals surface area contributed by atoms with Crippen LogP contribution < -0.4 is 19.5 Å². The molecule has 0 bridgehead atoms. The summed E-state index contributed by atoms with van der Waals surface area (Å²) >= 11 is 0. The van der Waals surface area contributed by atoms with Gasteiger partial charge in [-0.2, -0.15) is 5.10 Å². The van der Waals surface area contributed by atoms with E-state index in [1.54, 1.807) is 17.0 Å². The highest BCUT2D eigenvalue weighted by Crippen LogP contribution is 2.40. The van der Waals surface area contributed by atoms with Crippen molar-refractivity contribution in [3.05, 3.63) is 42.1 Å². The summed E-state index contributed by atoms with van der Waals surface area (Å²) in [5, 5.41) is 10.8. The van der Waals surface area contributed by atoms with Gasteiger partial charge >= 0.3 is 0 Å². The summed E-state index contributed by atoms with van der Waals surface area (Å²) in [6.07, 6.45) is 1.15. The lowest BCUT2D eigenvalue weighted by molar-refractivity contribution is -0.121. The molecule has 1 aromatic heterocycles. The molecule has 32 heavy (non-hydrogen) atoms. The number of hydrogen-bond donors (Lipinski definition) is 2. The molecule has 2 N–H and O–H groups in total. The van der Waals surface area contributed by atoms with E-state index in [1.165, 1.54) is 21.3 Å². The van der Waals surface area contributed by atoms with Gasteiger partial charge in [-0.3, -0.25) is 14.7 Å². The number of carbonyl (C=O) groups excluding carboxylic acids is 2. The normalized spacial score (nSPS) is 14.3. The molecule has 1 aliphatic heterocycles. The van der Waals surface area contributed by atoms with Crippen LogP contribution in [0.4, 0.5) is 5.69 Å². The maximum atomic E-state index is 12.9. The van der Waals surface area contributed by atoms with E-state index in [-0.39, 0.29) is 17.7 Å². The molecule has 9 heteroatoms. The minimum Gasteiger partial charge on any atom is -0.493 e. The summed E-state index contributed by atoms with van der Waals surface area (Å²) in [7, 11) is 4.58. The van der Waals surface area contributed by atoms with Crippen molar-refractivity contribution in [2.75, 3.05) is 39.7 Å². The number of carbonyl (C=O) groups is 2. The van der Waals surface area contributed by atoms with Crippen LogP contribution in [-0.4, -0.2) is 61.3 Å². The lowest BCUT2D eigenvalue weighted by Crippen LogP contribution is -2.41. The van der Waals surface area contributed by atoms with Gasteiger partial charge in [0.2, 0.25) is 11.7 Å². The second-order valence-corrected chi connectivity index (χ2v) is 7.59. The number of ether oxygens (including phenoxy) is 3. The molecule has 0 atom stereocenters. The molecule has 0 unspecified atom stereocenters. The zero-order valence-electron chi connectivity index (χ0n) is 18.3. The van der Waals surface area contributed by atoms with Gasteiger partial charge in [-0.15, -0.1) is 0 Å². The molecule has 0 saturated carbocycles. The van der Waals surface area contributed by atoms with E-state index in [0.29, 0.717) is 54.6 Å². The van der Waals surface area contributed by atoms with E-state index in [4.69, 9.17) is 14.2 Å². The van der Waals surface area contributed by atoms with E-state index in [9.17, 15) is 9.59 Å². The number of nitrogens with zero attached hydrogens (tertiary/aromatic N) is 2. The smallest absolute Gasteiger partial charge is 0.274 e. The second-order valence-electron chi connectivity index (χ2n) is 7.59. The van der Waals surface area contributed by atoms with Gasteiger partial charge in [0.25, 0.3) is 5.91 Å². The van der Waals surface area contributed by atoms with Crippen molar-refractivity contribution in [1.29, 1.82) is 0 Å². The second kappa shape index (κ2) is 9.17. The zero-order valence-corrected chi connectivity index (χ0v) is 18.3. The van der Waals surface area contributed by atoms with Crippen molar-refractivity contribution in [2.24, 2.45) is 5.92 Å². The zero-order chi connectivity index (χ0) is 22.7. The van der Waals surface area contributed by atoms with Gasteiger partial charge in [0.15, 0.2) is 17.2 Å². The number of amides is 2. The molecule has 168 valence electrons. The van der Waals surface area contributed by atoms with Crippen molar-refractivity contribution < 1.29 is 23.8 Å². The summed E-state index contributed by atoms with van der Waals surface area (Å²) in [5.74, 6) is 0.977. The molecule has 2 aromatic carbocycles. The summed E-state index contributed by atoms with van der Waals surface area (Å²) in [4.78, 5) is 27.6. The molecule has 0 radical (unpaired) electrons. The number of anilines is 1. The van der Waals surface area contributed by atoms with Gasteiger partial charge in [-0.1, -0.05) is 18.2 Å². The van der Waals surface area contributed by atoms with E-state index in [1.807, 2.05) is 24.3 Å². The summed E-state index contributed by atoms with van der Waals surface area (Å²) in [6.45, 7) is 0.987. The fraction of sp³-hybridized carbons (Fsp3) is 0.348. The van der Waals surface area contributed by atoms with Crippen molar-refractivity contribution in [2.45, 2.75) is 12.8 Å². The van der Waals surface area contributed by atoms with Crippen LogP contribution >= 0.6 is 0 Å². The Bertz CT molecular complexity index is 1110. The summed E-state index contributed by atoms with van der Waals surface area (Å²) in [6, 6.07) is 10.9. The Labute approximate surface area is 185 Å². The van der Waals surface area contributed by atoms with Crippen molar-refractivity contribution in [3.8, 4) is 17.2 Å². The number of methoxy groups -OCH3 is 3. The molecule has 0 aliphatic carbocycles. The molecule has 1 fully saturated rings. The predicted molar refractivity (Wildman–Crippen MR) is 119 cm³/mol. The van der Waals surface area contributed by atoms with E-state index < -0.39 is 0 Å². The molecule has 3 aromatic rings. The van der Waals surface area contributed by atoms with Crippen LogP contribution in [0.15, 0.2) is 36.4 Å². The van der Waals surface area contributed by atoms with E-state index >= 15 is 0 Å². The van der Waals surface area contributed by atoms with Crippen LogP contribution in [0.25, 0.3) is 10.9 Å². The van der Waals surface area contributed by atoms with E-state index in [0.717, 1.165) is 10.9 Å². The Morgan fingerprint density at radius 2 is 1.69 bits per heavy atom. The van der Waals surface area contributed by atoms with Crippen LogP contribution in [0.1, 0.15) is 23.3 Å². The number of nitrogens with one attached hydrogen (secondary N) is 2. The lowest BCUT2D eigenvalue weighted by Gasteiger charge is -2.31. The third-order valence-electron chi connectivity index (χ3n) is 5.76. The Balaban J connectivity index is 1.40. The first-order valence-electron chi connectivity index (χ1n) is 10.4. The SMILES string of the molecule is COc1cc(NC(=O)C2CCN(C(=O)c3n[nH]c4ccccc34)CC2)cc(OC)c1OC. The Kier molecular flexibility index (Phi) is 6.16. The Morgan fingerprint density at radius 1 is 1.03 bits per heavy atom. The van der Waals surface area contributed by atoms with E-state index in [2.05, 4.69) is 15.5 Å². The third-order valence-corrected chi connectivity index (χ3v) is 5.76. The summed E-state index contributed by atoms with van der Waals surface area (Å²) in [5.41, 5.74) is 1.81. The highest BCUT2D eigenvalue weighted by molar-refractivity contribution is 6.04. The molecule has 9 nitrogen and oxygen atoms in total. The standard InChI is InChI=1S/C23H26N4O5/c1-30-18-12-15(13-19(31-2)21(18)32-3)24-22(28)14-8-10-27(11-9-14)23(29)20-16-6-4-5-7-17(16)25-26-20/h4-7,12-14H,8-11H2,1-3H3,(H,24,28)(H,25,26). The number of aromatic nitrogens is 2. The molecule has 2 amide bonds. The first-order valence-corrected chi connectivity index (χ1v) is 10.4. The Hall–Kier alpha value is -3.75. The average Bonchev–Trinajstić information content (AvgIpc) is 3.27. The topological polar surface area (TPSA) is 106 Å². The minimum atomic E-state index is -0.200. The van der Waals surface area contributed by atoms with Crippen molar-refractivity contribution in [3.63, 3.8) is 0 Å². The quantitative estimate of drug-likeness (QED) is 0.613. The fourth-order valence-electron chi connectivity index (χ4n) is 4.02. The number of aromatic amines is 1. The molecule has 2 heterocycles. The minimum absolute atomic E-state index is 0.100. The maximum Gasteiger partial charge on any atom is 0.274 e. The predicted octanol–water partition coefficient (Wildman–Crippen LogP) is 3.08. The van der Waals surface area contributed by atoms with Crippen LogP contribution in [0, 0.1) is 5.92 Å². The third kappa shape index (κ3) is 4.05. The highest BCUT2D eigenvalue weighted by Gasteiger charge is 2.29. The number of fused-ring (bicyclic) bond motifs is 1. The van der Waals surface area contributed by atoms with Gasteiger partial charge in [-0.05, 0) is 18.9 Å². The average molecular weight is 438 g/mol. The molecule has 1 saturated heterocycles. The first kappa shape index (κ1) is 21.5. The number of piperidine rings is 1. The van der Waals surface area contributed by atoms with Gasteiger partial charge in [-0.25, -0.2) is 0 Å². The van der Waals surface area contributed by atoms with Crippen LogP contribution in [0.5, 0.6) is 17.2 Å². The number of rotatable bonds is 6. The van der Waals surface area contributed by atoms with Gasteiger partial charge in [0.05, 0.1) is 26.8 Å². The molecular formula is C23H26N4O5. The van der Waals surface area contributed by atoms with Crippen molar-refractivity contribution in [1.82, 2.24) is 15.1 Å². The number of hydrogen-bond acceptors (Lipinski definition) is 6. The van der Waals surface area contributed by atoms with Crippen LogP contribution in [0.3, 0.4) is 0 Å². The molecule has 4 rings (SSSR count). The van der Waals surface area contributed by atoms with Gasteiger partial charge in [0.1, 0.15) is 0 Å². The Morgan fingerprint density at radius 3 is 2.31 bits per heavy atom. The van der Waals surface area contributed by atoms with Gasteiger partial charge < -0.3 is 24.4 Å². The molecule has 1 aliphatic rings.